The van der Waals surface area contributed by atoms with Gasteiger partial charge in [0.15, 0.2) is 0 Å². The Morgan fingerprint density at radius 3 is 2.39 bits per heavy atom. The lowest BCUT2D eigenvalue weighted by Gasteiger charge is -2.25. The first-order chi connectivity index (χ1) is 18.2. The quantitative estimate of drug-likeness (QED) is 0.421. The molecule has 0 aliphatic carbocycles. The van der Waals surface area contributed by atoms with E-state index in [-0.39, 0.29) is 37.9 Å². The molecule has 202 valence electrons. The molecular formula is C29H36N4O5. The highest BCUT2D eigenvalue weighted by Gasteiger charge is 2.33. The van der Waals surface area contributed by atoms with Gasteiger partial charge in [0.05, 0.1) is 24.0 Å². The van der Waals surface area contributed by atoms with Gasteiger partial charge in [0, 0.05) is 49.3 Å². The number of likely N-dealkylation sites (tertiary alicyclic amines) is 1. The number of aliphatic hydroxyl groups is 3. The molecule has 0 bridgehead atoms. The average molecular weight is 521 g/mol. The van der Waals surface area contributed by atoms with Gasteiger partial charge < -0.3 is 30.9 Å². The molecule has 2 aliphatic heterocycles. The molecule has 2 aliphatic rings. The number of carbonyl (C=O) groups excluding carboxylic acids is 2. The van der Waals surface area contributed by atoms with Crippen molar-refractivity contribution < 1.29 is 24.9 Å². The molecule has 4 rings (SSSR count). The zero-order chi connectivity index (χ0) is 27.4. The van der Waals surface area contributed by atoms with E-state index in [1.807, 2.05) is 36.4 Å². The summed E-state index contributed by atoms with van der Waals surface area (Å²) in [7, 11) is 0. The van der Waals surface area contributed by atoms with Gasteiger partial charge in [-0.2, -0.15) is 0 Å². The van der Waals surface area contributed by atoms with E-state index in [0.29, 0.717) is 29.2 Å². The molecule has 38 heavy (non-hydrogen) atoms. The third-order valence-electron chi connectivity index (χ3n) is 6.84. The van der Waals surface area contributed by atoms with Crippen molar-refractivity contribution >= 4 is 29.4 Å². The van der Waals surface area contributed by atoms with Crippen LogP contribution in [-0.2, 0) is 4.79 Å². The Morgan fingerprint density at radius 2 is 1.76 bits per heavy atom. The zero-order valence-electron chi connectivity index (χ0n) is 21.9. The molecule has 2 heterocycles. The van der Waals surface area contributed by atoms with Gasteiger partial charge in [-0.25, -0.2) is 4.99 Å². The lowest BCUT2D eigenvalue weighted by atomic mass is 9.99. The average Bonchev–Trinajstić information content (AvgIpc) is 3.13. The lowest BCUT2D eigenvalue weighted by Crippen LogP contribution is -2.38. The number of nitrogens with two attached hydrogens (primary N) is 1. The van der Waals surface area contributed by atoms with Crippen LogP contribution in [0, 0.1) is 0 Å². The van der Waals surface area contributed by atoms with Gasteiger partial charge in [-0.05, 0) is 48.7 Å². The second-order valence-electron chi connectivity index (χ2n) is 10.1. The number of β-amino-alcohol motifs (C(OH)–C–C–N with tert-alkyl or cyclic N) is 2. The number of unbranched alkanes of at least 4 members (excludes halogenated alkanes) is 1. The summed E-state index contributed by atoms with van der Waals surface area (Å²) < 4.78 is 0. The number of fused-ring (bicyclic) bond motifs is 1. The molecule has 3 unspecified atom stereocenters. The SMILES string of the molecule is CCCCN(CC(C)O)C(=O)C1=Cc2ccc(-c3ccc(C(=O)N4CC(O)C(O)C4)cc3)cc2N=C(N)C1. The smallest absolute Gasteiger partial charge is 0.254 e. The van der Waals surface area contributed by atoms with E-state index in [9.17, 15) is 24.9 Å². The van der Waals surface area contributed by atoms with Crippen LogP contribution in [0.2, 0.25) is 0 Å². The van der Waals surface area contributed by atoms with Gasteiger partial charge in [-0.1, -0.05) is 37.6 Å². The number of hydrogen-bond donors (Lipinski definition) is 4. The molecule has 0 aromatic heterocycles. The highest BCUT2D eigenvalue weighted by Crippen LogP contribution is 2.32. The molecule has 5 N–H and O–H groups in total. The molecule has 0 radical (unpaired) electrons. The standard InChI is InChI=1S/C29H36N4O5/c1-3-4-11-32(15-18(2)34)29(38)23-12-22-10-9-21(13-24(22)31-27(30)14-23)19-5-7-20(8-6-19)28(37)33-16-25(35)26(36)17-33/h5-10,12-13,18,25-26,34-36H,3-4,11,14-17H2,1-2H3,(H2,30,31). The number of amides is 2. The first kappa shape index (κ1) is 27.5. The van der Waals surface area contributed by atoms with Crippen LogP contribution in [0.1, 0.15) is 49.0 Å². The van der Waals surface area contributed by atoms with E-state index >= 15 is 0 Å². The Hall–Kier alpha value is -3.53. The predicted octanol–water partition coefficient (Wildman–Crippen LogP) is 2.32. The summed E-state index contributed by atoms with van der Waals surface area (Å²) in [6, 6.07) is 12.9. The minimum absolute atomic E-state index is 0.111. The summed E-state index contributed by atoms with van der Waals surface area (Å²) in [5.41, 5.74) is 10.4. The summed E-state index contributed by atoms with van der Waals surface area (Å²) >= 11 is 0. The Kier molecular flexibility index (Phi) is 8.61. The Balaban J connectivity index is 1.55. The molecule has 0 spiro atoms. The van der Waals surface area contributed by atoms with Crippen molar-refractivity contribution in [1.29, 1.82) is 0 Å². The first-order valence-electron chi connectivity index (χ1n) is 13.1. The summed E-state index contributed by atoms with van der Waals surface area (Å²) in [6.07, 6.45) is 1.37. The van der Waals surface area contributed by atoms with Crippen molar-refractivity contribution in [2.45, 2.75) is 51.4 Å². The maximum atomic E-state index is 13.3. The van der Waals surface area contributed by atoms with Crippen molar-refractivity contribution in [2.75, 3.05) is 26.2 Å². The van der Waals surface area contributed by atoms with Crippen molar-refractivity contribution in [3.63, 3.8) is 0 Å². The molecule has 9 nitrogen and oxygen atoms in total. The highest BCUT2D eigenvalue weighted by atomic mass is 16.3. The fourth-order valence-electron chi connectivity index (χ4n) is 4.78. The maximum Gasteiger partial charge on any atom is 0.254 e. The number of hydrogen-bond acceptors (Lipinski definition) is 7. The Labute approximate surface area is 222 Å². The molecule has 2 aromatic carbocycles. The van der Waals surface area contributed by atoms with Crippen LogP contribution in [-0.4, -0.2) is 87.3 Å². The number of amidine groups is 1. The second-order valence-corrected chi connectivity index (χ2v) is 10.1. The van der Waals surface area contributed by atoms with Gasteiger partial charge in [-0.3, -0.25) is 9.59 Å². The van der Waals surface area contributed by atoms with E-state index in [4.69, 9.17) is 5.73 Å². The fraction of sp³-hybridized carbons (Fsp3) is 0.414. The molecule has 2 amide bonds. The Morgan fingerprint density at radius 1 is 1.11 bits per heavy atom. The summed E-state index contributed by atoms with van der Waals surface area (Å²) in [4.78, 5) is 33.7. The summed E-state index contributed by atoms with van der Waals surface area (Å²) in [5.74, 6) is -0.0472. The maximum absolute atomic E-state index is 13.3. The molecule has 3 atom stereocenters. The van der Waals surface area contributed by atoms with E-state index < -0.39 is 18.3 Å². The molecule has 1 fully saturated rings. The third-order valence-corrected chi connectivity index (χ3v) is 6.84. The minimum atomic E-state index is -0.923. The number of aliphatic hydroxyl groups excluding tert-OH is 3. The topological polar surface area (TPSA) is 140 Å². The van der Waals surface area contributed by atoms with Gasteiger partial charge in [0.25, 0.3) is 5.91 Å². The van der Waals surface area contributed by atoms with Gasteiger partial charge in [0.2, 0.25) is 5.91 Å². The van der Waals surface area contributed by atoms with Crippen molar-refractivity contribution in [3.05, 3.63) is 59.2 Å². The van der Waals surface area contributed by atoms with E-state index in [2.05, 4.69) is 11.9 Å². The van der Waals surface area contributed by atoms with Crippen LogP contribution in [0.3, 0.4) is 0 Å². The lowest BCUT2D eigenvalue weighted by molar-refractivity contribution is -0.128. The van der Waals surface area contributed by atoms with Crippen LogP contribution >= 0.6 is 0 Å². The largest absolute Gasteiger partial charge is 0.392 e. The molecule has 1 saturated heterocycles. The minimum Gasteiger partial charge on any atom is -0.392 e. The monoisotopic (exact) mass is 520 g/mol. The Bertz CT molecular complexity index is 1230. The van der Waals surface area contributed by atoms with Crippen LogP contribution in [0.25, 0.3) is 17.2 Å². The fourth-order valence-corrected chi connectivity index (χ4v) is 4.78. The van der Waals surface area contributed by atoms with E-state index in [0.717, 1.165) is 29.5 Å². The zero-order valence-corrected chi connectivity index (χ0v) is 21.9. The van der Waals surface area contributed by atoms with Crippen LogP contribution < -0.4 is 5.73 Å². The number of aliphatic imine (C=N–C) groups is 1. The van der Waals surface area contributed by atoms with Gasteiger partial charge in [0.1, 0.15) is 5.84 Å². The molecule has 2 aromatic rings. The first-order valence-corrected chi connectivity index (χ1v) is 13.1. The van der Waals surface area contributed by atoms with Crippen LogP contribution in [0.4, 0.5) is 5.69 Å². The number of carbonyl (C=O) groups is 2. The molecule has 9 heteroatoms. The summed E-state index contributed by atoms with van der Waals surface area (Å²) in [5, 5.41) is 29.4. The molecule has 0 saturated carbocycles. The number of nitrogens with zero attached hydrogens (tertiary/aromatic N) is 3. The van der Waals surface area contributed by atoms with Crippen molar-refractivity contribution in [3.8, 4) is 11.1 Å². The molecular weight excluding hydrogens is 484 g/mol. The van der Waals surface area contributed by atoms with E-state index in [1.165, 1.54) is 4.90 Å². The normalized spacial score (nSPS) is 19.8. The number of benzene rings is 2. The van der Waals surface area contributed by atoms with Crippen molar-refractivity contribution in [1.82, 2.24) is 9.80 Å². The van der Waals surface area contributed by atoms with Gasteiger partial charge in [-0.15, -0.1) is 0 Å². The van der Waals surface area contributed by atoms with Crippen molar-refractivity contribution in [2.24, 2.45) is 10.7 Å². The second kappa shape index (κ2) is 11.9. The predicted molar refractivity (Wildman–Crippen MR) is 147 cm³/mol. The van der Waals surface area contributed by atoms with Gasteiger partial charge >= 0.3 is 0 Å². The van der Waals surface area contributed by atoms with E-state index in [1.54, 1.807) is 24.0 Å². The highest BCUT2D eigenvalue weighted by molar-refractivity contribution is 6.05. The van der Waals surface area contributed by atoms with Crippen LogP contribution in [0.5, 0.6) is 0 Å². The third kappa shape index (κ3) is 6.30. The summed E-state index contributed by atoms with van der Waals surface area (Å²) in [6.45, 7) is 4.78. The van der Waals surface area contributed by atoms with Crippen LogP contribution in [0.15, 0.2) is 53.0 Å². The number of rotatable bonds is 8.